The predicted octanol–water partition coefficient (Wildman–Crippen LogP) is 5.53. The van der Waals surface area contributed by atoms with Crippen molar-refractivity contribution in [1.82, 2.24) is 9.88 Å². The lowest BCUT2D eigenvalue weighted by molar-refractivity contribution is 0.0830. The Labute approximate surface area is 196 Å². The number of anilines is 1. The predicted molar refractivity (Wildman–Crippen MR) is 129 cm³/mol. The highest BCUT2D eigenvalue weighted by Gasteiger charge is 2.25. The van der Waals surface area contributed by atoms with Crippen molar-refractivity contribution in [3.8, 4) is 0 Å². The van der Waals surface area contributed by atoms with Crippen LogP contribution in [0.4, 0.5) is 10.5 Å². The zero-order chi connectivity index (χ0) is 22.3. The van der Waals surface area contributed by atoms with Crippen molar-refractivity contribution in [1.29, 1.82) is 0 Å². The summed E-state index contributed by atoms with van der Waals surface area (Å²) in [4.78, 5) is 31.5. The number of carbonyl (C=O) groups excluding carboxylic acids is 2. The number of likely N-dealkylation sites (tertiary alicyclic amines) is 1. The molecule has 32 heavy (non-hydrogen) atoms. The summed E-state index contributed by atoms with van der Waals surface area (Å²) in [5.41, 5.74) is 2.17. The normalized spacial score (nSPS) is 14.9. The van der Waals surface area contributed by atoms with Gasteiger partial charge in [-0.3, -0.25) is 15.1 Å². The Bertz CT molecular complexity index is 1070. The van der Waals surface area contributed by atoms with E-state index in [-0.39, 0.29) is 11.7 Å². The minimum atomic E-state index is -0.470. The van der Waals surface area contributed by atoms with Gasteiger partial charge in [-0.25, -0.2) is 4.79 Å². The molecule has 1 saturated heterocycles. The minimum Gasteiger partial charge on any atom is -0.449 e. The fourth-order valence-electron chi connectivity index (χ4n) is 4.07. The van der Waals surface area contributed by atoms with Gasteiger partial charge in [0.15, 0.2) is 5.78 Å². The first kappa shape index (κ1) is 22.4. The van der Waals surface area contributed by atoms with E-state index >= 15 is 0 Å². The summed E-state index contributed by atoms with van der Waals surface area (Å²) in [6.45, 7) is 2.98. The number of Topliss-reactive ketones (excluding diaryl/α,β-unsaturated/α-hetero) is 1. The van der Waals surface area contributed by atoms with E-state index in [4.69, 9.17) is 4.74 Å². The largest absolute Gasteiger partial charge is 0.449 e. The standard InChI is InChI=1S/C25H26BrN3O3/c26-21-9-7-19(8-10-21)24(30)20-11-15-29(16-12-20)14-3-17-32-25(31)28-22-6-1-4-18-5-2-13-27-23(18)22/h1-2,4-10,13,20H,3,11-12,14-17H2,(H,28,31). The molecule has 1 N–H and O–H groups in total. The summed E-state index contributed by atoms with van der Waals surface area (Å²) >= 11 is 3.41. The smallest absolute Gasteiger partial charge is 0.411 e. The molecule has 0 spiro atoms. The fourth-order valence-corrected chi connectivity index (χ4v) is 4.34. The fraction of sp³-hybridized carbons (Fsp3) is 0.320. The van der Waals surface area contributed by atoms with Gasteiger partial charge in [-0.2, -0.15) is 0 Å². The average Bonchev–Trinajstić information content (AvgIpc) is 2.82. The number of nitrogens with one attached hydrogen (secondary N) is 1. The Morgan fingerprint density at radius 2 is 1.81 bits per heavy atom. The maximum atomic E-state index is 12.7. The van der Waals surface area contributed by atoms with Crippen LogP contribution < -0.4 is 5.32 Å². The molecule has 2 heterocycles. The Balaban J connectivity index is 1.16. The molecule has 1 aliphatic rings. The summed E-state index contributed by atoms with van der Waals surface area (Å²) in [6, 6.07) is 17.1. The average molecular weight is 496 g/mol. The molecule has 0 radical (unpaired) electrons. The van der Waals surface area contributed by atoms with Crippen molar-refractivity contribution in [3.63, 3.8) is 0 Å². The van der Waals surface area contributed by atoms with E-state index in [0.29, 0.717) is 12.3 Å². The number of fused-ring (bicyclic) bond motifs is 1. The van der Waals surface area contributed by atoms with Crippen LogP contribution in [0.5, 0.6) is 0 Å². The number of piperidine rings is 1. The molecule has 4 rings (SSSR count). The van der Waals surface area contributed by atoms with Gasteiger partial charge in [-0.1, -0.05) is 46.3 Å². The highest BCUT2D eigenvalue weighted by molar-refractivity contribution is 9.10. The maximum Gasteiger partial charge on any atom is 0.411 e. The zero-order valence-corrected chi connectivity index (χ0v) is 19.4. The van der Waals surface area contributed by atoms with E-state index in [1.165, 1.54) is 0 Å². The van der Waals surface area contributed by atoms with E-state index in [0.717, 1.165) is 59.8 Å². The van der Waals surface area contributed by atoms with Gasteiger partial charge in [0.2, 0.25) is 0 Å². The zero-order valence-electron chi connectivity index (χ0n) is 17.8. The molecule has 0 bridgehead atoms. The number of hydrogen-bond donors (Lipinski definition) is 1. The number of carbonyl (C=O) groups is 2. The summed E-state index contributed by atoms with van der Waals surface area (Å²) < 4.78 is 6.33. The molecule has 1 aromatic heterocycles. The highest BCUT2D eigenvalue weighted by Crippen LogP contribution is 2.23. The number of nitrogens with zero attached hydrogens (tertiary/aromatic N) is 2. The number of rotatable bonds is 7. The number of halogens is 1. The molecule has 3 aromatic rings. The van der Waals surface area contributed by atoms with Gasteiger partial charge < -0.3 is 9.64 Å². The molecule has 1 fully saturated rings. The van der Waals surface area contributed by atoms with Crippen LogP contribution in [0.2, 0.25) is 0 Å². The van der Waals surface area contributed by atoms with Crippen LogP contribution in [0.15, 0.2) is 65.3 Å². The van der Waals surface area contributed by atoms with E-state index in [1.807, 2.05) is 54.6 Å². The van der Waals surface area contributed by atoms with Gasteiger partial charge in [0.25, 0.3) is 0 Å². The second-order valence-corrected chi connectivity index (χ2v) is 8.90. The number of ether oxygens (including phenoxy) is 1. The van der Waals surface area contributed by atoms with Crippen LogP contribution >= 0.6 is 15.9 Å². The summed E-state index contributed by atoms with van der Waals surface area (Å²) in [5.74, 6) is 0.323. The third-order valence-electron chi connectivity index (χ3n) is 5.81. The third-order valence-corrected chi connectivity index (χ3v) is 6.34. The quantitative estimate of drug-likeness (QED) is 0.344. The second-order valence-electron chi connectivity index (χ2n) is 7.98. The van der Waals surface area contributed by atoms with Gasteiger partial charge in [0, 0.05) is 34.1 Å². The number of para-hydroxylation sites is 1. The lowest BCUT2D eigenvalue weighted by Gasteiger charge is -2.31. The van der Waals surface area contributed by atoms with Gasteiger partial charge in [-0.15, -0.1) is 0 Å². The molecule has 2 aromatic carbocycles. The number of pyridine rings is 1. The van der Waals surface area contributed by atoms with Gasteiger partial charge in [0.1, 0.15) is 0 Å². The van der Waals surface area contributed by atoms with Crippen molar-refractivity contribution in [2.24, 2.45) is 5.92 Å². The van der Waals surface area contributed by atoms with Crippen molar-refractivity contribution in [2.75, 3.05) is 31.6 Å². The molecular formula is C25H26BrN3O3. The van der Waals surface area contributed by atoms with E-state index in [2.05, 4.69) is 31.1 Å². The van der Waals surface area contributed by atoms with Crippen molar-refractivity contribution >= 4 is 44.4 Å². The van der Waals surface area contributed by atoms with Crippen LogP contribution in [-0.2, 0) is 4.74 Å². The molecule has 1 aliphatic heterocycles. The van der Waals surface area contributed by atoms with Crippen LogP contribution in [-0.4, -0.2) is 48.0 Å². The first-order valence-electron chi connectivity index (χ1n) is 10.9. The van der Waals surface area contributed by atoms with Crippen LogP contribution in [0.3, 0.4) is 0 Å². The highest BCUT2D eigenvalue weighted by atomic mass is 79.9. The molecule has 1 amide bonds. The van der Waals surface area contributed by atoms with Gasteiger partial charge in [-0.05, 0) is 56.6 Å². The first-order chi connectivity index (χ1) is 15.6. The molecule has 7 heteroatoms. The molecule has 6 nitrogen and oxygen atoms in total. The van der Waals surface area contributed by atoms with E-state index in [9.17, 15) is 9.59 Å². The number of amides is 1. The molecule has 0 saturated carbocycles. The van der Waals surface area contributed by atoms with Gasteiger partial charge >= 0.3 is 6.09 Å². The van der Waals surface area contributed by atoms with Crippen molar-refractivity contribution < 1.29 is 14.3 Å². The second kappa shape index (κ2) is 10.7. The van der Waals surface area contributed by atoms with Gasteiger partial charge in [0.05, 0.1) is 17.8 Å². The monoisotopic (exact) mass is 495 g/mol. The topological polar surface area (TPSA) is 71.5 Å². The number of benzene rings is 2. The molecular weight excluding hydrogens is 470 g/mol. The SMILES string of the molecule is O=C(Nc1cccc2cccnc12)OCCCN1CCC(C(=O)c2ccc(Br)cc2)CC1. The van der Waals surface area contributed by atoms with E-state index in [1.54, 1.807) is 6.20 Å². The molecule has 0 unspecified atom stereocenters. The minimum absolute atomic E-state index is 0.0868. The number of aromatic nitrogens is 1. The number of hydrogen-bond acceptors (Lipinski definition) is 5. The first-order valence-corrected chi connectivity index (χ1v) is 11.7. The third kappa shape index (κ3) is 5.72. The summed E-state index contributed by atoms with van der Waals surface area (Å²) in [7, 11) is 0. The summed E-state index contributed by atoms with van der Waals surface area (Å²) in [6.07, 6.45) is 3.72. The van der Waals surface area contributed by atoms with Crippen molar-refractivity contribution in [2.45, 2.75) is 19.3 Å². The lowest BCUT2D eigenvalue weighted by atomic mass is 9.89. The van der Waals surface area contributed by atoms with Crippen molar-refractivity contribution in [3.05, 3.63) is 70.8 Å². The van der Waals surface area contributed by atoms with Crippen LogP contribution in [0.25, 0.3) is 10.9 Å². The Hall–Kier alpha value is -2.77. The van der Waals surface area contributed by atoms with Crippen LogP contribution in [0.1, 0.15) is 29.6 Å². The van der Waals surface area contributed by atoms with Crippen LogP contribution in [0, 0.1) is 5.92 Å². The lowest BCUT2D eigenvalue weighted by Crippen LogP contribution is -2.37. The maximum absolute atomic E-state index is 12.7. The molecule has 0 atom stereocenters. The number of ketones is 1. The molecule has 166 valence electrons. The Morgan fingerprint density at radius 3 is 2.59 bits per heavy atom. The Kier molecular flexibility index (Phi) is 7.50. The van der Waals surface area contributed by atoms with E-state index < -0.39 is 6.09 Å². The Morgan fingerprint density at radius 1 is 1.06 bits per heavy atom. The molecule has 0 aliphatic carbocycles. The summed E-state index contributed by atoms with van der Waals surface area (Å²) in [5, 5.41) is 3.75.